The molecule has 2 N–H and O–H groups in total. The van der Waals surface area contributed by atoms with Gasteiger partial charge in [0.15, 0.2) is 0 Å². The fourth-order valence-corrected chi connectivity index (χ4v) is 4.71. The molecule has 108 valence electrons. The largest absolute Gasteiger partial charge is 0.391 e. The molecule has 0 bridgehead atoms. The van der Waals surface area contributed by atoms with Crippen LogP contribution in [0, 0.1) is 0 Å². The Morgan fingerprint density at radius 3 is 3.00 bits per heavy atom. The topological polar surface area (TPSA) is 69.6 Å². The summed E-state index contributed by atoms with van der Waals surface area (Å²) >= 11 is 1.26. The van der Waals surface area contributed by atoms with Gasteiger partial charge in [-0.15, -0.1) is 11.3 Å². The van der Waals surface area contributed by atoms with Gasteiger partial charge in [0.1, 0.15) is 0 Å². The number of piperidine rings is 1. The van der Waals surface area contributed by atoms with Gasteiger partial charge in [-0.05, 0) is 32.0 Å². The summed E-state index contributed by atoms with van der Waals surface area (Å²) in [6.45, 7) is 4.73. The Kier molecular flexibility index (Phi) is 4.97. The van der Waals surface area contributed by atoms with Crippen LogP contribution >= 0.6 is 11.3 Å². The Labute approximate surface area is 118 Å². The molecule has 2 rings (SSSR count). The van der Waals surface area contributed by atoms with Gasteiger partial charge in [-0.2, -0.15) is 0 Å². The quantitative estimate of drug-likeness (QED) is 0.851. The number of thiophene rings is 1. The number of likely N-dealkylation sites (tertiary alicyclic amines) is 1. The predicted molar refractivity (Wildman–Crippen MR) is 75.7 cm³/mol. The number of likely N-dealkylation sites (N-methyl/N-ethyl adjacent to an activating group) is 1. The Morgan fingerprint density at radius 2 is 2.37 bits per heavy atom. The van der Waals surface area contributed by atoms with E-state index in [1.165, 1.54) is 17.4 Å². The molecule has 1 fully saturated rings. The summed E-state index contributed by atoms with van der Waals surface area (Å²) in [5, 5.41) is 10.6. The van der Waals surface area contributed by atoms with Crippen molar-refractivity contribution in [3.05, 3.63) is 16.3 Å². The number of aliphatic hydroxyl groups is 1. The molecular weight excluding hydrogens is 284 g/mol. The van der Waals surface area contributed by atoms with Crippen LogP contribution in [0.15, 0.2) is 16.3 Å². The third kappa shape index (κ3) is 3.76. The highest BCUT2D eigenvalue weighted by Gasteiger charge is 2.25. The maximum atomic E-state index is 12.2. The molecule has 1 aliphatic rings. The number of hydrogen-bond acceptors (Lipinski definition) is 5. The lowest BCUT2D eigenvalue weighted by atomic mass is 10.1. The van der Waals surface area contributed by atoms with E-state index in [0.29, 0.717) is 4.88 Å². The van der Waals surface area contributed by atoms with Crippen LogP contribution in [0.5, 0.6) is 0 Å². The van der Waals surface area contributed by atoms with Gasteiger partial charge in [0.05, 0.1) is 11.5 Å². The van der Waals surface area contributed by atoms with Crippen LogP contribution in [0.1, 0.15) is 24.6 Å². The molecule has 1 atom stereocenters. The molecule has 1 aliphatic heterocycles. The second-order valence-corrected chi connectivity index (χ2v) is 7.47. The minimum Gasteiger partial charge on any atom is -0.391 e. The number of hydrogen-bond donors (Lipinski definition) is 2. The molecule has 1 saturated heterocycles. The van der Waals surface area contributed by atoms with Gasteiger partial charge < -0.3 is 10.0 Å². The van der Waals surface area contributed by atoms with Crippen LogP contribution in [0.3, 0.4) is 0 Å². The highest BCUT2D eigenvalue weighted by atomic mass is 32.2. The lowest BCUT2D eigenvalue weighted by Crippen LogP contribution is -2.47. The number of rotatable bonds is 5. The highest BCUT2D eigenvalue weighted by molar-refractivity contribution is 7.89. The summed E-state index contributed by atoms with van der Waals surface area (Å²) in [5.41, 5.74) is 0. The zero-order valence-electron chi connectivity index (χ0n) is 11.0. The van der Waals surface area contributed by atoms with Crippen LogP contribution < -0.4 is 4.72 Å². The molecule has 5 nitrogen and oxygen atoms in total. The third-order valence-corrected chi connectivity index (χ3v) is 5.94. The van der Waals surface area contributed by atoms with Crippen molar-refractivity contribution in [1.82, 2.24) is 9.62 Å². The van der Waals surface area contributed by atoms with Crippen molar-refractivity contribution in [3.8, 4) is 0 Å². The second kappa shape index (κ2) is 6.32. The van der Waals surface area contributed by atoms with Gasteiger partial charge in [0.2, 0.25) is 10.0 Å². The Morgan fingerprint density at radius 1 is 1.58 bits per heavy atom. The SMILES string of the molecule is CCN1CCCC(NS(=O)(=O)c2csc(CO)c2)C1. The first kappa shape index (κ1) is 14.9. The smallest absolute Gasteiger partial charge is 0.241 e. The summed E-state index contributed by atoms with van der Waals surface area (Å²) in [4.78, 5) is 3.18. The third-order valence-electron chi connectivity index (χ3n) is 3.37. The van der Waals surface area contributed by atoms with Crippen LogP contribution in [0.4, 0.5) is 0 Å². The van der Waals surface area contributed by atoms with E-state index in [2.05, 4.69) is 16.5 Å². The number of nitrogens with one attached hydrogen (secondary N) is 1. The van der Waals surface area contributed by atoms with Gasteiger partial charge in [-0.25, -0.2) is 13.1 Å². The molecule has 0 saturated carbocycles. The van der Waals surface area contributed by atoms with Crippen molar-refractivity contribution < 1.29 is 13.5 Å². The number of sulfonamides is 1. The normalized spacial score (nSPS) is 21.7. The van der Waals surface area contributed by atoms with Gasteiger partial charge in [0, 0.05) is 22.8 Å². The predicted octanol–water partition coefficient (Wildman–Crippen LogP) is 1.00. The zero-order chi connectivity index (χ0) is 13.9. The Bertz CT molecular complexity index is 513. The molecular formula is C12H20N2O3S2. The van der Waals surface area contributed by atoms with Crippen molar-refractivity contribution in [1.29, 1.82) is 0 Å². The van der Waals surface area contributed by atoms with Gasteiger partial charge in [0.25, 0.3) is 0 Å². The summed E-state index contributed by atoms with van der Waals surface area (Å²) in [6, 6.07) is 1.52. The number of aliphatic hydroxyl groups excluding tert-OH is 1. The van der Waals surface area contributed by atoms with Crippen molar-refractivity contribution in [2.24, 2.45) is 0 Å². The molecule has 1 aromatic heterocycles. The van der Waals surface area contributed by atoms with E-state index in [9.17, 15) is 8.42 Å². The molecule has 1 aromatic rings. The van der Waals surface area contributed by atoms with E-state index in [1.54, 1.807) is 5.38 Å². The van der Waals surface area contributed by atoms with E-state index in [-0.39, 0.29) is 17.5 Å². The Hall–Kier alpha value is -0.470. The first-order valence-corrected chi connectivity index (χ1v) is 8.84. The first-order chi connectivity index (χ1) is 9.05. The molecule has 2 heterocycles. The van der Waals surface area contributed by atoms with Crippen molar-refractivity contribution in [3.63, 3.8) is 0 Å². The maximum Gasteiger partial charge on any atom is 0.241 e. The van der Waals surface area contributed by atoms with E-state index in [4.69, 9.17) is 5.11 Å². The maximum absolute atomic E-state index is 12.2. The standard InChI is InChI=1S/C12H20N2O3S2/c1-2-14-5-3-4-10(7-14)13-19(16,17)12-6-11(8-15)18-9-12/h6,9-10,13,15H,2-5,7-8H2,1H3. The van der Waals surface area contributed by atoms with Crippen LogP contribution in [-0.2, 0) is 16.6 Å². The summed E-state index contributed by atoms with van der Waals surface area (Å²) in [7, 11) is -3.46. The molecule has 0 aromatic carbocycles. The molecule has 0 amide bonds. The molecule has 0 aliphatic carbocycles. The van der Waals surface area contributed by atoms with Crippen molar-refractivity contribution in [2.45, 2.75) is 37.3 Å². The Balaban J connectivity index is 2.04. The zero-order valence-corrected chi connectivity index (χ0v) is 12.6. The second-order valence-electron chi connectivity index (χ2n) is 4.76. The molecule has 1 unspecified atom stereocenters. The first-order valence-electron chi connectivity index (χ1n) is 6.48. The number of nitrogens with zero attached hydrogens (tertiary/aromatic N) is 1. The minimum atomic E-state index is -3.46. The van der Waals surface area contributed by atoms with Gasteiger partial charge in [-0.1, -0.05) is 6.92 Å². The summed E-state index contributed by atoms with van der Waals surface area (Å²) in [6.07, 6.45) is 1.90. The van der Waals surface area contributed by atoms with Gasteiger partial charge in [-0.3, -0.25) is 0 Å². The molecule has 7 heteroatoms. The highest BCUT2D eigenvalue weighted by Crippen LogP contribution is 2.20. The van der Waals surface area contributed by atoms with Gasteiger partial charge >= 0.3 is 0 Å². The molecule has 0 spiro atoms. The van der Waals surface area contributed by atoms with Crippen molar-refractivity contribution >= 4 is 21.4 Å². The van der Waals surface area contributed by atoms with E-state index < -0.39 is 10.0 Å². The van der Waals surface area contributed by atoms with Crippen LogP contribution in [0.25, 0.3) is 0 Å². The lowest BCUT2D eigenvalue weighted by Gasteiger charge is -2.31. The molecule has 0 radical (unpaired) electrons. The average molecular weight is 304 g/mol. The van der Waals surface area contributed by atoms with Crippen LogP contribution in [-0.4, -0.2) is 44.1 Å². The summed E-state index contributed by atoms with van der Waals surface area (Å²) < 4.78 is 27.2. The molecule has 19 heavy (non-hydrogen) atoms. The van der Waals surface area contributed by atoms with E-state index in [0.717, 1.165) is 32.5 Å². The monoisotopic (exact) mass is 304 g/mol. The van der Waals surface area contributed by atoms with E-state index in [1.807, 2.05) is 0 Å². The average Bonchev–Trinajstić information content (AvgIpc) is 2.88. The lowest BCUT2D eigenvalue weighted by molar-refractivity contribution is 0.211. The fraction of sp³-hybridized carbons (Fsp3) is 0.667. The van der Waals surface area contributed by atoms with E-state index >= 15 is 0 Å². The van der Waals surface area contributed by atoms with Crippen LogP contribution in [0.2, 0.25) is 0 Å². The summed E-state index contributed by atoms with van der Waals surface area (Å²) in [5.74, 6) is 0. The minimum absolute atomic E-state index is 0.0174. The fourth-order valence-electron chi connectivity index (χ4n) is 2.31. The van der Waals surface area contributed by atoms with Crippen molar-refractivity contribution in [2.75, 3.05) is 19.6 Å².